The second-order valence-corrected chi connectivity index (χ2v) is 4.95. The van der Waals surface area contributed by atoms with Gasteiger partial charge >= 0.3 is 0 Å². The molecule has 1 fully saturated rings. The molecule has 2 rings (SSSR count). The number of nitrogens with zero attached hydrogens (tertiary/aromatic N) is 3. The molecule has 1 saturated carbocycles. The van der Waals surface area contributed by atoms with Crippen LogP contribution in [0.5, 0.6) is 0 Å². The van der Waals surface area contributed by atoms with Crippen LogP contribution in [0, 0.1) is 12.8 Å². The van der Waals surface area contributed by atoms with Crippen LogP contribution < -0.4 is 11.3 Å². The van der Waals surface area contributed by atoms with Crippen molar-refractivity contribution in [3.05, 3.63) is 17.6 Å². The van der Waals surface area contributed by atoms with Crippen LogP contribution in [0.25, 0.3) is 0 Å². The Kier molecular flexibility index (Phi) is 3.91. The first kappa shape index (κ1) is 12.3. The van der Waals surface area contributed by atoms with Gasteiger partial charge in [0.25, 0.3) is 0 Å². The van der Waals surface area contributed by atoms with E-state index >= 15 is 0 Å². The number of nitrogens with two attached hydrogens (primary N) is 1. The number of aryl methyl sites for hydroxylation is 1. The van der Waals surface area contributed by atoms with Crippen LogP contribution in [0.1, 0.15) is 30.8 Å². The van der Waals surface area contributed by atoms with Crippen molar-refractivity contribution in [2.45, 2.75) is 32.7 Å². The number of nitrogens with one attached hydrogen (secondary N) is 1. The lowest BCUT2D eigenvalue weighted by atomic mass is 9.85. The van der Waals surface area contributed by atoms with Crippen LogP contribution in [0.2, 0.25) is 0 Å². The minimum atomic E-state index is 0.685. The normalized spacial score (nSPS) is 16.0. The summed E-state index contributed by atoms with van der Waals surface area (Å²) in [5.41, 5.74) is 3.52. The second-order valence-electron chi connectivity index (χ2n) is 4.95. The van der Waals surface area contributed by atoms with Gasteiger partial charge in [0.05, 0.1) is 6.54 Å². The Labute approximate surface area is 102 Å². The Morgan fingerprint density at radius 1 is 1.47 bits per heavy atom. The lowest BCUT2D eigenvalue weighted by molar-refractivity contribution is 0.197. The number of hydrazine groups is 1. The minimum absolute atomic E-state index is 0.685. The summed E-state index contributed by atoms with van der Waals surface area (Å²) in [6.07, 6.45) is 4.13. The summed E-state index contributed by atoms with van der Waals surface area (Å²) in [7, 11) is 2.12. The summed E-state index contributed by atoms with van der Waals surface area (Å²) in [4.78, 5) is 11.1. The zero-order valence-corrected chi connectivity index (χ0v) is 10.6. The highest BCUT2D eigenvalue weighted by Gasteiger charge is 2.19. The van der Waals surface area contributed by atoms with Crippen molar-refractivity contribution in [2.24, 2.45) is 11.8 Å². The van der Waals surface area contributed by atoms with E-state index in [1.54, 1.807) is 0 Å². The molecule has 0 unspecified atom stereocenters. The van der Waals surface area contributed by atoms with Crippen molar-refractivity contribution >= 4 is 5.82 Å². The lowest BCUT2D eigenvalue weighted by Crippen LogP contribution is -2.29. The Balaban J connectivity index is 1.94. The first-order valence-electron chi connectivity index (χ1n) is 6.17. The fraction of sp³-hybridized carbons (Fsp3) is 0.667. The van der Waals surface area contributed by atoms with Gasteiger partial charge in [0.2, 0.25) is 0 Å². The van der Waals surface area contributed by atoms with Crippen LogP contribution in [-0.4, -0.2) is 28.5 Å². The molecule has 0 amide bonds. The Bertz CT molecular complexity index is 375. The zero-order chi connectivity index (χ0) is 12.3. The molecule has 0 aliphatic heterocycles. The van der Waals surface area contributed by atoms with Gasteiger partial charge in [-0.2, -0.15) is 0 Å². The minimum Gasteiger partial charge on any atom is -0.308 e. The Morgan fingerprint density at radius 3 is 2.82 bits per heavy atom. The Hall–Kier alpha value is -1.20. The molecule has 0 aromatic carbocycles. The third kappa shape index (κ3) is 3.38. The molecule has 0 radical (unpaired) electrons. The van der Waals surface area contributed by atoms with Gasteiger partial charge in [0, 0.05) is 18.3 Å². The van der Waals surface area contributed by atoms with Crippen molar-refractivity contribution in [1.82, 2.24) is 14.9 Å². The largest absolute Gasteiger partial charge is 0.308 e. The average molecular weight is 235 g/mol. The third-order valence-corrected chi connectivity index (χ3v) is 3.25. The van der Waals surface area contributed by atoms with Crippen LogP contribution in [-0.2, 0) is 6.54 Å². The molecular formula is C12H21N5. The fourth-order valence-corrected chi connectivity index (χ4v) is 2.20. The van der Waals surface area contributed by atoms with Gasteiger partial charge in [-0.1, -0.05) is 6.42 Å². The van der Waals surface area contributed by atoms with Crippen LogP contribution in [0.4, 0.5) is 5.82 Å². The molecule has 0 spiro atoms. The number of rotatable bonds is 5. The van der Waals surface area contributed by atoms with Gasteiger partial charge in [-0.3, -0.25) is 4.90 Å². The first-order valence-corrected chi connectivity index (χ1v) is 6.17. The zero-order valence-electron chi connectivity index (χ0n) is 10.6. The van der Waals surface area contributed by atoms with Crippen LogP contribution >= 0.6 is 0 Å². The van der Waals surface area contributed by atoms with Crippen LogP contribution in [0.3, 0.4) is 0 Å². The van der Waals surface area contributed by atoms with Gasteiger partial charge in [-0.15, -0.1) is 0 Å². The molecule has 5 heteroatoms. The molecule has 1 aliphatic rings. The van der Waals surface area contributed by atoms with E-state index in [2.05, 4.69) is 27.3 Å². The summed E-state index contributed by atoms with van der Waals surface area (Å²) in [6, 6.07) is 1.84. The fourth-order valence-electron chi connectivity index (χ4n) is 2.20. The molecule has 1 heterocycles. The molecule has 1 aromatic heterocycles. The SMILES string of the molecule is Cc1cc(NN)nc(CN(C)CC2CCC2)n1. The first-order chi connectivity index (χ1) is 8.17. The van der Waals surface area contributed by atoms with E-state index in [9.17, 15) is 0 Å². The quantitative estimate of drug-likeness (QED) is 0.595. The maximum atomic E-state index is 5.38. The third-order valence-electron chi connectivity index (χ3n) is 3.25. The van der Waals surface area contributed by atoms with Crippen molar-refractivity contribution < 1.29 is 0 Å². The summed E-state index contributed by atoms with van der Waals surface area (Å²) in [6.45, 7) is 3.88. The summed E-state index contributed by atoms with van der Waals surface area (Å²) >= 11 is 0. The highest BCUT2D eigenvalue weighted by Crippen LogP contribution is 2.26. The van der Waals surface area contributed by atoms with E-state index in [1.807, 2.05) is 13.0 Å². The maximum absolute atomic E-state index is 5.38. The van der Waals surface area contributed by atoms with E-state index in [-0.39, 0.29) is 0 Å². The van der Waals surface area contributed by atoms with Crippen molar-refractivity contribution in [1.29, 1.82) is 0 Å². The Morgan fingerprint density at radius 2 is 2.24 bits per heavy atom. The van der Waals surface area contributed by atoms with Crippen molar-refractivity contribution in [3.63, 3.8) is 0 Å². The summed E-state index contributed by atoms with van der Waals surface area (Å²) in [5.74, 6) is 7.77. The number of nitrogen functional groups attached to an aromatic ring is 1. The number of aromatic nitrogens is 2. The molecular weight excluding hydrogens is 214 g/mol. The molecule has 0 bridgehead atoms. The van der Waals surface area contributed by atoms with E-state index in [4.69, 9.17) is 5.84 Å². The van der Waals surface area contributed by atoms with Gasteiger partial charge in [-0.25, -0.2) is 15.8 Å². The van der Waals surface area contributed by atoms with Gasteiger partial charge < -0.3 is 5.43 Å². The molecule has 17 heavy (non-hydrogen) atoms. The van der Waals surface area contributed by atoms with Gasteiger partial charge in [0.1, 0.15) is 11.6 Å². The summed E-state index contributed by atoms with van der Waals surface area (Å²) < 4.78 is 0. The molecule has 3 N–H and O–H groups in total. The van der Waals surface area contributed by atoms with E-state index in [0.29, 0.717) is 5.82 Å². The topological polar surface area (TPSA) is 67.1 Å². The van der Waals surface area contributed by atoms with Crippen LogP contribution in [0.15, 0.2) is 6.07 Å². The van der Waals surface area contributed by atoms with E-state index in [0.717, 1.165) is 30.5 Å². The number of anilines is 1. The van der Waals surface area contributed by atoms with E-state index < -0.39 is 0 Å². The van der Waals surface area contributed by atoms with E-state index in [1.165, 1.54) is 19.3 Å². The number of hydrogen-bond donors (Lipinski definition) is 2. The highest BCUT2D eigenvalue weighted by molar-refractivity contribution is 5.33. The molecule has 0 atom stereocenters. The standard InChI is InChI=1S/C12H21N5/c1-9-6-11(16-13)15-12(14-9)8-17(2)7-10-4-3-5-10/h6,10H,3-5,7-8,13H2,1-2H3,(H,14,15,16). The lowest BCUT2D eigenvalue weighted by Gasteiger charge is -2.29. The average Bonchev–Trinajstić information content (AvgIpc) is 2.22. The predicted octanol–water partition coefficient (Wildman–Crippen LogP) is 1.30. The second kappa shape index (κ2) is 5.42. The van der Waals surface area contributed by atoms with Crippen molar-refractivity contribution in [3.8, 4) is 0 Å². The molecule has 1 aromatic rings. The molecule has 0 saturated heterocycles. The highest BCUT2D eigenvalue weighted by atomic mass is 15.3. The predicted molar refractivity (Wildman–Crippen MR) is 68.3 cm³/mol. The number of hydrogen-bond acceptors (Lipinski definition) is 5. The molecule has 5 nitrogen and oxygen atoms in total. The van der Waals surface area contributed by atoms with Crippen molar-refractivity contribution in [2.75, 3.05) is 19.0 Å². The smallest absolute Gasteiger partial charge is 0.144 e. The molecule has 94 valence electrons. The van der Waals surface area contributed by atoms with Gasteiger partial charge in [-0.05, 0) is 32.7 Å². The maximum Gasteiger partial charge on any atom is 0.144 e. The summed E-state index contributed by atoms with van der Waals surface area (Å²) in [5, 5.41) is 0. The monoisotopic (exact) mass is 235 g/mol. The molecule has 1 aliphatic carbocycles. The van der Waals surface area contributed by atoms with Gasteiger partial charge in [0.15, 0.2) is 0 Å².